The van der Waals surface area contributed by atoms with E-state index in [1.807, 2.05) is 24.3 Å². The van der Waals surface area contributed by atoms with E-state index in [0.29, 0.717) is 12.1 Å². The van der Waals surface area contributed by atoms with Crippen molar-refractivity contribution in [1.82, 2.24) is 10.2 Å². The van der Waals surface area contributed by atoms with Crippen molar-refractivity contribution in [3.63, 3.8) is 0 Å². The first-order valence-corrected chi connectivity index (χ1v) is 9.01. The smallest absolute Gasteiger partial charge is 0.224 e. The molecule has 132 valence electrons. The molecule has 1 heterocycles. The lowest BCUT2D eigenvalue weighted by Gasteiger charge is -2.29. The third-order valence-electron chi connectivity index (χ3n) is 4.59. The molecule has 0 aliphatic carbocycles. The number of halogens is 2. The molecule has 25 heavy (non-hydrogen) atoms. The SMILES string of the molecule is O=C(Cc1cccc(F)c1)NCC(c1ccccc1Cl)N1CCCC1. The second kappa shape index (κ2) is 8.45. The van der Waals surface area contributed by atoms with Crippen LogP contribution in [0.5, 0.6) is 0 Å². The van der Waals surface area contributed by atoms with Crippen LogP contribution in [0.15, 0.2) is 48.5 Å². The first-order chi connectivity index (χ1) is 12.1. The zero-order chi connectivity index (χ0) is 17.6. The number of nitrogens with zero attached hydrogens (tertiary/aromatic N) is 1. The van der Waals surface area contributed by atoms with E-state index in [1.54, 1.807) is 12.1 Å². The Hall–Kier alpha value is -1.91. The summed E-state index contributed by atoms with van der Waals surface area (Å²) in [5.41, 5.74) is 1.71. The summed E-state index contributed by atoms with van der Waals surface area (Å²) in [4.78, 5) is 14.6. The van der Waals surface area contributed by atoms with Crippen LogP contribution in [-0.2, 0) is 11.2 Å². The number of rotatable bonds is 6. The monoisotopic (exact) mass is 360 g/mol. The van der Waals surface area contributed by atoms with Gasteiger partial charge in [-0.25, -0.2) is 4.39 Å². The Bertz CT molecular complexity index is 731. The lowest BCUT2D eigenvalue weighted by atomic mass is 10.0. The van der Waals surface area contributed by atoms with E-state index in [1.165, 1.54) is 12.1 Å². The number of likely N-dealkylation sites (tertiary alicyclic amines) is 1. The molecule has 1 N–H and O–H groups in total. The molecule has 3 nitrogen and oxygen atoms in total. The van der Waals surface area contributed by atoms with Crippen molar-refractivity contribution < 1.29 is 9.18 Å². The Morgan fingerprint density at radius 2 is 1.92 bits per heavy atom. The molecule has 1 fully saturated rings. The number of carbonyl (C=O) groups is 1. The van der Waals surface area contributed by atoms with Crippen molar-refractivity contribution in [3.8, 4) is 0 Å². The van der Waals surface area contributed by atoms with Crippen molar-refractivity contribution >= 4 is 17.5 Å². The fraction of sp³-hybridized carbons (Fsp3) is 0.350. The fourth-order valence-electron chi connectivity index (χ4n) is 3.34. The van der Waals surface area contributed by atoms with Crippen molar-refractivity contribution in [2.75, 3.05) is 19.6 Å². The van der Waals surface area contributed by atoms with Crippen LogP contribution in [-0.4, -0.2) is 30.4 Å². The average Bonchev–Trinajstić information content (AvgIpc) is 3.11. The minimum Gasteiger partial charge on any atom is -0.354 e. The minimum absolute atomic E-state index is 0.0626. The van der Waals surface area contributed by atoms with Gasteiger partial charge in [-0.2, -0.15) is 0 Å². The van der Waals surface area contributed by atoms with Gasteiger partial charge in [0.05, 0.1) is 12.5 Å². The second-order valence-corrected chi connectivity index (χ2v) is 6.80. The number of nitrogens with one attached hydrogen (secondary N) is 1. The normalized spacial score (nSPS) is 15.9. The third-order valence-corrected chi connectivity index (χ3v) is 4.94. The number of carbonyl (C=O) groups excluding carboxylic acids is 1. The molecule has 1 amide bonds. The highest BCUT2D eigenvalue weighted by molar-refractivity contribution is 6.31. The summed E-state index contributed by atoms with van der Waals surface area (Å²) < 4.78 is 13.2. The van der Waals surface area contributed by atoms with Gasteiger partial charge in [-0.15, -0.1) is 0 Å². The molecule has 0 radical (unpaired) electrons. The van der Waals surface area contributed by atoms with Gasteiger partial charge in [0.1, 0.15) is 5.82 Å². The Kier molecular flexibility index (Phi) is 6.05. The maximum Gasteiger partial charge on any atom is 0.224 e. The van der Waals surface area contributed by atoms with Gasteiger partial charge in [-0.05, 0) is 55.3 Å². The predicted molar refractivity (Wildman–Crippen MR) is 98.1 cm³/mol. The van der Waals surface area contributed by atoms with Gasteiger partial charge >= 0.3 is 0 Å². The van der Waals surface area contributed by atoms with Crippen LogP contribution in [0, 0.1) is 5.82 Å². The van der Waals surface area contributed by atoms with E-state index in [0.717, 1.165) is 36.5 Å². The Labute approximate surface area is 152 Å². The first-order valence-electron chi connectivity index (χ1n) is 8.63. The molecule has 1 unspecified atom stereocenters. The molecule has 1 saturated heterocycles. The zero-order valence-electron chi connectivity index (χ0n) is 14.1. The summed E-state index contributed by atoms with van der Waals surface area (Å²) in [7, 11) is 0. The molecule has 5 heteroatoms. The zero-order valence-corrected chi connectivity index (χ0v) is 14.8. The average molecular weight is 361 g/mol. The summed E-state index contributed by atoms with van der Waals surface area (Å²) in [5, 5.41) is 3.71. The van der Waals surface area contributed by atoms with E-state index in [2.05, 4.69) is 10.2 Å². The maximum atomic E-state index is 13.2. The number of hydrogen-bond acceptors (Lipinski definition) is 2. The van der Waals surface area contributed by atoms with Gasteiger partial charge in [0.2, 0.25) is 5.91 Å². The van der Waals surface area contributed by atoms with E-state index in [9.17, 15) is 9.18 Å². The molecule has 0 bridgehead atoms. The maximum absolute atomic E-state index is 13.2. The van der Waals surface area contributed by atoms with Crippen molar-refractivity contribution in [2.24, 2.45) is 0 Å². The molecule has 0 saturated carbocycles. The Morgan fingerprint density at radius 1 is 1.16 bits per heavy atom. The van der Waals surface area contributed by atoms with Crippen molar-refractivity contribution in [1.29, 1.82) is 0 Å². The molecule has 2 aromatic carbocycles. The van der Waals surface area contributed by atoms with Crippen LogP contribution in [0.25, 0.3) is 0 Å². The quantitative estimate of drug-likeness (QED) is 0.845. The Morgan fingerprint density at radius 3 is 2.64 bits per heavy atom. The standard InChI is InChI=1S/C20H22ClFN2O/c21-18-9-2-1-8-17(18)19(24-10-3-4-11-24)14-23-20(25)13-15-6-5-7-16(22)12-15/h1-2,5-9,12,19H,3-4,10-11,13-14H2,(H,23,25). The number of amides is 1. The highest BCUT2D eigenvalue weighted by Gasteiger charge is 2.25. The topological polar surface area (TPSA) is 32.3 Å². The third kappa shape index (κ3) is 4.80. The van der Waals surface area contributed by atoms with Crippen LogP contribution in [0.1, 0.15) is 30.0 Å². The Balaban J connectivity index is 1.66. The van der Waals surface area contributed by atoms with E-state index in [4.69, 9.17) is 11.6 Å². The lowest BCUT2D eigenvalue weighted by molar-refractivity contribution is -0.120. The summed E-state index contributed by atoms with van der Waals surface area (Å²) in [5.74, 6) is -0.432. The molecule has 0 aromatic heterocycles. The van der Waals surface area contributed by atoms with Crippen LogP contribution in [0.2, 0.25) is 5.02 Å². The largest absolute Gasteiger partial charge is 0.354 e. The molecule has 2 aromatic rings. The fourth-order valence-corrected chi connectivity index (χ4v) is 3.60. The summed E-state index contributed by atoms with van der Waals surface area (Å²) in [6, 6.07) is 14.0. The van der Waals surface area contributed by atoms with Gasteiger partial charge in [-0.3, -0.25) is 9.69 Å². The highest BCUT2D eigenvalue weighted by atomic mass is 35.5. The van der Waals surface area contributed by atoms with Gasteiger partial charge in [-0.1, -0.05) is 41.9 Å². The van der Waals surface area contributed by atoms with E-state index in [-0.39, 0.29) is 24.2 Å². The predicted octanol–water partition coefficient (Wildman–Crippen LogP) is 3.97. The molecule has 3 rings (SSSR count). The van der Waals surface area contributed by atoms with Crippen LogP contribution in [0.4, 0.5) is 4.39 Å². The summed E-state index contributed by atoms with van der Waals surface area (Å²) >= 11 is 6.38. The molecule has 1 atom stereocenters. The van der Waals surface area contributed by atoms with E-state index < -0.39 is 0 Å². The number of hydrogen-bond donors (Lipinski definition) is 1. The van der Waals surface area contributed by atoms with Gasteiger partial charge in [0.25, 0.3) is 0 Å². The summed E-state index contributed by atoms with van der Waals surface area (Å²) in [6.07, 6.45) is 2.50. The first kappa shape index (κ1) is 17.9. The van der Waals surface area contributed by atoms with Gasteiger partial charge < -0.3 is 5.32 Å². The molecule has 1 aliphatic rings. The molecule has 0 spiro atoms. The van der Waals surface area contributed by atoms with Crippen LogP contribution < -0.4 is 5.32 Å². The molecule has 1 aliphatic heterocycles. The van der Waals surface area contributed by atoms with Gasteiger partial charge in [0.15, 0.2) is 0 Å². The minimum atomic E-state index is -0.323. The van der Waals surface area contributed by atoms with Crippen molar-refractivity contribution in [2.45, 2.75) is 25.3 Å². The number of benzene rings is 2. The highest BCUT2D eigenvalue weighted by Crippen LogP contribution is 2.29. The second-order valence-electron chi connectivity index (χ2n) is 6.39. The molecular weight excluding hydrogens is 339 g/mol. The van der Waals surface area contributed by atoms with Gasteiger partial charge in [0, 0.05) is 11.6 Å². The van der Waals surface area contributed by atoms with Crippen LogP contribution in [0.3, 0.4) is 0 Å². The lowest BCUT2D eigenvalue weighted by Crippen LogP contribution is -2.37. The molecular formula is C20H22ClFN2O. The summed E-state index contributed by atoms with van der Waals surface area (Å²) in [6.45, 7) is 2.52. The van der Waals surface area contributed by atoms with Crippen LogP contribution >= 0.6 is 11.6 Å². The van der Waals surface area contributed by atoms with Crippen molar-refractivity contribution in [3.05, 3.63) is 70.5 Å². The van der Waals surface area contributed by atoms with E-state index >= 15 is 0 Å².